The second kappa shape index (κ2) is 46.8. The maximum Gasteiger partial charge on any atom is 0.307 e. The lowest BCUT2D eigenvalue weighted by molar-refractivity contribution is -0.159. The summed E-state index contributed by atoms with van der Waals surface area (Å²) in [5.74, 6) is -11.2. The Labute approximate surface area is 735 Å². The molecule has 9 aliphatic rings. The van der Waals surface area contributed by atoms with Gasteiger partial charge < -0.3 is 44.9 Å². The van der Waals surface area contributed by atoms with Crippen molar-refractivity contribution in [1.82, 2.24) is 30.7 Å². The Bertz CT molecular complexity index is 3970. The van der Waals surface area contributed by atoms with Gasteiger partial charge in [-0.1, -0.05) is 78.0 Å². The second-order valence-electron chi connectivity index (χ2n) is 39.8. The van der Waals surface area contributed by atoms with Gasteiger partial charge in [0.2, 0.25) is 35.1 Å². The van der Waals surface area contributed by atoms with Gasteiger partial charge in [0.1, 0.15) is 16.8 Å². The third-order valence-electron chi connectivity index (χ3n) is 25.7. The molecule has 124 heavy (non-hydrogen) atoms. The van der Waals surface area contributed by atoms with E-state index in [1.807, 2.05) is 20.8 Å². The van der Waals surface area contributed by atoms with Crippen molar-refractivity contribution in [2.45, 2.75) is 376 Å². The molecule has 3 aliphatic heterocycles. The van der Waals surface area contributed by atoms with Crippen molar-refractivity contribution < 1.29 is 101 Å². The largest absolute Gasteiger partial charge is 0.460 e. The van der Waals surface area contributed by atoms with E-state index in [-0.39, 0.29) is 183 Å². The van der Waals surface area contributed by atoms with Crippen molar-refractivity contribution in [1.29, 1.82) is 0 Å². The van der Waals surface area contributed by atoms with Crippen LogP contribution in [0.3, 0.4) is 0 Å². The second-order valence-corrected chi connectivity index (χ2v) is 39.8. The number of rotatable bonds is 45. The zero-order chi connectivity index (χ0) is 92.0. The number of nitrogens with one attached hydrogen (secondary N) is 3. The highest BCUT2D eigenvalue weighted by molar-refractivity contribution is 6.38. The number of nitrogens with zero attached hydrogens (tertiary/aromatic N) is 3. The molecule has 9 rings (SSSR count). The van der Waals surface area contributed by atoms with Crippen molar-refractivity contribution >= 4 is 105 Å². The normalized spacial score (nSPS) is 23.5. The van der Waals surface area contributed by atoms with Gasteiger partial charge in [-0.05, 0) is 258 Å². The smallest absolute Gasteiger partial charge is 0.307 e. The average Bonchev–Trinajstić information content (AvgIpc) is 1.63. The maximum atomic E-state index is 14.1. The van der Waals surface area contributed by atoms with Gasteiger partial charge in [-0.3, -0.25) is 86.3 Å². The summed E-state index contributed by atoms with van der Waals surface area (Å²) in [6, 6.07) is -1.95. The molecular weight excluding hydrogens is 1590 g/mol. The van der Waals surface area contributed by atoms with Crippen LogP contribution in [0.4, 0.5) is 0 Å². The molecule has 6 aliphatic carbocycles. The Balaban J connectivity index is 0.000000256. The van der Waals surface area contributed by atoms with E-state index in [9.17, 15) is 86.3 Å². The van der Waals surface area contributed by atoms with E-state index in [0.29, 0.717) is 69.3 Å². The molecule has 0 bridgehead atoms. The van der Waals surface area contributed by atoms with Gasteiger partial charge in [-0.15, -0.1) is 0 Å². The molecule has 9 fully saturated rings. The standard InChI is InChI=1S/C33H50N2O7.2C32H48N2O7/c1-7-10-21(30(39)31(40)34-24-14-15-24)17-27(37)29-25-12-9-11-23(25)19-35(29)32(41)22(13-16-26(36)20(3)8-2)18-28(38)42-33(4,5)6;1-7-9-20(29(38)30(39)33-23-13-14-23)16-26(36)28-24-11-8-10-22(24)18-34(28)31(40)21(12-15-25(35)19(2)3)17-27(37)41-32(4,5)6;1-6-9-20(29(38)30(39)33-23-14-15-23)17-26(36)28-25-12-8-11-22(25)19-34(28)31(40)21(13-16-24(35)10-7-2)18-27(37)41-32(3,4)5/h8,21-25,29H,7,9-19H2,1-6H3,(H,34,40);20-24,28H,2,7-18H2,1,3-6H3,(H,33,39);7,10,20-23,25,28H,6,8-9,11-19H2,1-5H3,(H,33,39)/b20-8+;;10-7+/t21-,22-,23+,25+,29+;20-,21-,22+,24+,28+;20-,21-,22+,25+,28+/m111/s1. The molecule has 3 heterocycles. The fourth-order valence-corrected chi connectivity index (χ4v) is 19.1. The summed E-state index contributed by atoms with van der Waals surface area (Å²) in [7, 11) is 0. The molecule has 0 spiro atoms. The minimum Gasteiger partial charge on any atom is -0.460 e. The maximum absolute atomic E-state index is 14.1. The van der Waals surface area contributed by atoms with Crippen LogP contribution in [0.15, 0.2) is 36.0 Å². The lowest BCUT2D eigenvalue weighted by atomic mass is 9.84. The Hall–Kier alpha value is -8.52. The third-order valence-corrected chi connectivity index (χ3v) is 25.7. The molecule has 0 aromatic carbocycles. The summed E-state index contributed by atoms with van der Waals surface area (Å²) in [6.45, 7) is 33.3. The molecule has 15 atom stereocenters. The molecule has 0 aromatic heterocycles. The number of likely N-dealkylation sites (tertiary alicyclic amines) is 3. The number of hydrogen-bond acceptors (Lipinski definition) is 21. The zero-order valence-electron chi connectivity index (χ0n) is 77.2. The predicted octanol–water partition coefficient (Wildman–Crippen LogP) is 12.7. The van der Waals surface area contributed by atoms with Crippen molar-refractivity contribution in [3.8, 4) is 0 Å². The summed E-state index contributed by atoms with van der Waals surface area (Å²) in [4.78, 5) is 241. The van der Waals surface area contributed by atoms with Crippen LogP contribution in [-0.2, 0) is 101 Å². The molecule has 6 saturated carbocycles. The summed E-state index contributed by atoms with van der Waals surface area (Å²) in [5, 5.41) is 8.22. The number of carbonyl (C=O) groups excluding carboxylic acids is 18. The fourth-order valence-electron chi connectivity index (χ4n) is 19.1. The van der Waals surface area contributed by atoms with Gasteiger partial charge in [-0.25, -0.2) is 0 Å². The monoisotopic (exact) mass is 1730 g/mol. The number of amides is 6. The van der Waals surface area contributed by atoms with E-state index >= 15 is 0 Å². The van der Waals surface area contributed by atoms with Crippen LogP contribution in [0.2, 0.25) is 0 Å². The first-order chi connectivity index (χ1) is 58.3. The Kier molecular flexibility index (Phi) is 38.7. The summed E-state index contributed by atoms with van der Waals surface area (Å²) < 4.78 is 16.5. The zero-order valence-corrected chi connectivity index (χ0v) is 77.2. The fraction of sp³-hybridized carbons (Fsp3) is 0.753. The number of esters is 3. The highest BCUT2D eigenvalue weighted by Crippen LogP contribution is 2.48. The lowest BCUT2D eigenvalue weighted by Gasteiger charge is -2.31. The molecular formula is C97H146N6O21. The van der Waals surface area contributed by atoms with Crippen molar-refractivity contribution in [3.05, 3.63) is 36.0 Å². The topological polar surface area (TPSA) is 381 Å². The van der Waals surface area contributed by atoms with Crippen LogP contribution in [-0.4, -0.2) is 193 Å². The van der Waals surface area contributed by atoms with E-state index in [4.69, 9.17) is 14.2 Å². The number of Topliss-reactive ketones (excluding diaryl/α,β-unsaturated/α-hetero) is 8. The van der Waals surface area contributed by atoms with Crippen LogP contribution in [0.5, 0.6) is 0 Å². The summed E-state index contributed by atoms with van der Waals surface area (Å²) in [5.41, 5.74) is -1.19. The molecule has 0 radical (unpaired) electrons. The van der Waals surface area contributed by atoms with Gasteiger partial charge in [0, 0.05) is 112 Å². The van der Waals surface area contributed by atoms with Crippen molar-refractivity contribution in [2.75, 3.05) is 19.6 Å². The number of hydrogen-bond donors (Lipinski definition) is 3. The molecule has 3 N–H and O–H groups in total. The first kappa shape index (κ1) is 103. The van der Waals surface area contributed by atoms with Gasteiger partial charge in [0.25, 0.3) is 17.7 Å². The van der Waals surface area contributed by atoms with Gasteiger partial charge >= 0.3 is 17.9 Å². The van der Waals surface area contributed by atoms with Crippen LogP contribution in [0, 0.1) is 71.0 Å². The minimum absolute atomic E-state index is 0.00375. The van der Waals surface area contributed by atoms with Crippen LogP contribution < -0.4 is 16.0 Å². The third kappa shape index (κ3) is 31.2. The van der Waals surface area contributed by atoms with E-state index in [1.165, 1.54) is 6.08 Å². The van der Waals surface area contributed by atoms with Gasteiger partial charge in [-0.2, -0.15) is 0 Å². The van der Waals surface area contributed by atoms with Crippen LogP contribution in [0.25, 0.3) is 0 Å². The quantitative estimate of drug-likeness (QED) is 0.0221. The summed E-state index contributed by atoms with van der Waals surface area (Å²) in [6.07, 6.45) is 21.3. The first-order valence-electron chi connectivity index (χ1n) is 46.5. The predicted molar refractivity (Wildman–Crippen MR) is 465 cm³/mol. The molecule has 0 unspecified atom stereocenters. The SMILES string of the molecule is C/C=C(\C)C(=O)CC[C@H](CC(=O)OC(C)(C)C)C(=O)N1C[C@@H]2CCC[C@@H]2[C@H]1C(=O)C[C@@H](CCC)C(=O)C(=O)NC1CC1.C/C=C/C(=O)CC[C@H](CC(=O)OC(C)(C)C)C(=O)N1C[C@@H]2CCC[C@@H]2[C@H]1C(=O)C[C@@H](CCC)C(=O)C(=O)NC1CC1.C=C(C)C(=O)CC[C@H](CC(=O)OC(C)(C)C)C(=O)N1C[C@@H]2CCC[C@@H]2[C@H]1C(=O)C[C@@H](CCC)C(=O)C(=O)NC1CC1. The van der Waals surface area contributed by atoms with Crippen LogP contribution >= 0.6 is 0 Å². The highest BCUT2D eigenvalue weighted by Gasteiger charge is 2.55. The minimum atomic E-state index is -0.820. The Morgan fingerprint density at radius 2 is 0.661 bits per heavy atom. The number of carbonyl (C=O) groups is 18. The molecule has 0 aromatic rings. The number of fused-ring (bicyclic) bond motifs is 3. The average molecular weight is 1730 g/mol. The number of ketones is 9. The van der Waals surface area contributed by atoms with E-state index < -0.39 is 123 Å². The molecule has 3 saturated heterocycles. The van der Waals surface area contributed by atoms with Gasteiger partial charge in [0.15, 0.2) is 34.7 Å². The van der Waals surface area contributed by atoms with Crippen molar-refractivity contribution in [2.24, 2.45) is 71.0 Å². The lowest BCUT2D eigenvalue weighted by Crippen LogP contribution is -2.47. The Morgan fingerprint density at radius 3 is 0.911 bits per heavy atom. The summed E-state index contributed by atoms with van der Waals surface area (Å²) >= 11 is 0. The Morgan fingerprint density at radius 1 is 0.379 bits per heavy atom. The van der Waals surface area contributed by atoms with Crippen LogP contribution in [0.1, 0.15) is 323 Å². The number of ether oxygens (including phenoxy) is 3. The molecule has 6 amide bonds. The van der Waals surface area contributed by atoms with Crippen molar-refractivity contribution in [3.63, 3.8) is 0 Å². The van der Waals surface area contributed by atoms with Gasteiger partial charge in [0.05, 0.1) is 37.4 Å². The molecule has 27 nitrogen and oxygen atoms in total. The number of allylic oxidation sites excluding steroid dienone is 5. The molecule has 690 valence electrons. The highest BCUT2D eigenvalue weighted by atomic mass is 16.6. The molecule has 27 heteroatoms. The van der Waals surface area contributed by atoms with E-state index in [2.05, 4.69) is 22.5 Å². The van der Waals surface area contributed by atoms with E-state index in [0.717, 1.165) is 96.3 Å². The first-order valence-corrected chi connectivity index (χ1v) is 46.5. The van der Waals surface area contributed by atoms with E-state index in [1.54, 1.807) is 117 Å².